The maximum atomic E-state index is 10.1. The zero-order valence-electron chi connectivity index (χ0n) is 11.8. The van der Waals surface area contributed by atoms with Crippen LogP contribution in [0.25, 0.3) is 11.4 Å². The molecular weight excluding hydrogens is 464 g/mol. The summed E-state index contributed by atoms with van der Waals surface area (Å²) >= 11 is 0. The van der Waals surface area contributed by atoms with Gasteiger partial charge < -0.3 is 5.11 Å². The van der Waals surface area contributed by atoms with Gasteiger partial charge in [-0.15, -0.1) is 0 Å². The van der Waals surface area contributed by atoms with E-state index in [0.717, 1.165) is 11.4 Å². The average Bonchev–Trinajstić information content (AvgIpc) is 3.09. The van der Waals surface area contributed by atoms with E-state index in [1.165, 1.54) is 17.1 Å². The van der Waals surface area contributed by atoms with E-state index in [1.54, 1.807) is 36.3 Å². The zero-order valence-corrected chi connectivity index (χ0v) is 14.2. The van der Waals surface area contributed by atoms with Crippen LogP contribution in [0.4, 0.5) is 0 Å². The monoisotopic (exact) mass is 478 g/mol. The van der Waals surface area contributed by atoms with Crippen molar-refractivity contribution >= 4 is 5.97 Å². The number of hydrogen-bond acceptors (Lipinski definition) is 5. The molecule has 0 fully saturated rings. The molecule has 3 heterocycles. The average molecular weight is 478 g/mol. The predicted molar refractivity (Wildman–Crippen MR) is 73.2 cm³/mol. The maximum Gasteiger partial charge on any atom is 0.354 e. The van der Waals surface area contributed by atoms with E-state index in [9.17, 15) is 4.79 Å². The van der Waals surface area contributed by atoms with Crippen LogP contribution in [0.2, 0.25) is 0 Å². The van der Waals surface area contributed by atoms with Gasteiger partial charge in [-0.3, -0.25) is 9.78 Å². The third kappa shape index (κ3) is 4.87. The maximum absolute atomic E-state index is 10.1. The number of carboxylic acid groups (broad SMARTS) is 1. The summed E-state index contributed by atoms with van der Waals surface area (Å²) in [6.07, 6.45) is 4.87. The van der Waals surface area contributed by atoms with Gasteiger partial charge in [0.05, 0.1) is 0 Å². The summed E-state index contributed by atoms with van der Waals surface area (Å²) in [5, 5.41) is 20.5. The Balaban J connectivity index is 0.000000219. The molecule has 9 heteroatoms. The van der Waals surface area contributed by atoms with E-state index in [2.05, 4.69) is 26.3 Å². The van der Waals surface area contributed by atoms with Crippen LogP contribution in [0, 0.1) is 6.07 Å². The molecule has 0 aromatic carbocycles. The Labute approximate surface area is 140 Å². The number of hydrogen-bond donors (Lipinski definition) is 1. The molecule has 3 aromatic rings. The first-order chi connectivity index (χ1) is 10.1. The number of carboxylic acids is 1. The van der Waals surface area contributed by atoms with Crippen LogP contribution in [0.1, 0.15) is 10.5 Å². The second kappa shape index (κ2) is 8.16. The van der Waals surface area contributed by atoms with Crippen molar-refractivity contribution in [2.75, 3.05) is 0 Å². The molecule has 0 amide bonds. The molecule has 0 bridgehead atoms. The number of carbonyl (C=O) groups is 1. The molecule has 0 saturated carbocycles. The van der Waals surface area contributed by atoms with Gasteiger partial charge in [-0.05, 0) is 24.0 Å². The van der Waals surface area contributed by atoms with Crippen LogP contribution in [0.5, 0.6) is 0 Å². The van der Waals surface area contributed by atoms with Crippen molar-refractivity contribution in [3.8, 4) is 11.4 Å². The van der Waals surface area contributed by atoms with Gasteiger partial charge in [0.2, 0.25) is 0 Å². The normalized spacial score (nSPS) is 9.36. The van der Waals surface area contributed by atoms with Crippen LogP contribution in [0.3, 0.4) is 0 Å². The van der Waals surface area contributed by atoms with E-state index >= 15 is 0 Å². The van der Waals surface area contributed by atoms with E-state index in [0.29, 0.717) is 0 Å². The molecule has 1 radical (unpaired) electrons. The van der Waals surface area contributed by atoms with Gasteiger partial charge in [0.1, 0.15) is 5.69 Å². The molecule has 0 aliphatic heterocycles. The van der Waals surface area contributed by atoms with Crippen LogP contribution in [0.15, 0.2) is 36.8 Å². The van der Waals surface area contributed by atoms with Gasteiger partial charge in [0.15, 0.2) is 0 Å². The Bertz CT molecular complexity index is 687. The van der Waals surface area contributed by atoms with Crippen LogP contribution in [-0.4, -0.2) is 40.8 Å². The number of aryl methyl sites for hydroxylation is 2. The number of aromatic nitrogens is 6. The van der Waals surface area contributed by atoms with E-state index in [1.807, 2.05) is 7.05 Å². The summed E-state index contributed by atoms with van der Waals surface area (Å²) in [4.78, 5) is 15.2. The van der Waals surface area contributed by atoms with E-state index < -0.39 is 5.97 Å². The van der Waals surface area contributed by atoms with Crippen LogP contribution < -0.4 is 0 Å². The third-order valence-electron chi connectivity index (χ3n) is 2.37. The summed E-state index contributed by atoms with van der Waals surface area (Å²) in [6, 6.07) is 7.73. The molecule has 1 N–H and O–H groups in total. The van der Waals surface area contributed by atoms with E-state index in [-0.39, 0.29) is 25.8 Å². The van der Waals surface area contributed by atoms with Crippen molar-refractivity contribution in [1.29, 1.82) is 0 Å². The molecule has 8 nitrogen and oxygen atoms in total. The first-order valence-electron chi connectivity index (χ1n) is 5.98. The first-order valence-corrected chi connectivity index (χ1v) is 5.98. The van der Waals surface area contributed by atoms with Crippen LogP contribution >= 0.6 is 0 Å². The Hall–Kier alpha value is -2.38. The molecule has 0 saturated heterocycles. The molecule has 117 valence electrons. The Morgan fingerprint density at radius 3 is 2.45 bits per heavy atom. The minimum Gasteiger partial charge on any atom is -0.477 e. The van der Waals surface area contributed by atoms with Gasteiger partial charge in [-0.1, -0.05) is 18.0 Å². The topological polar surface area (TPSA) is 98.7 Å². The molecule has 0 unspecified atom stereocenters. The van der Waals surface area contributed by atoms with Crippen LogP contribution in [-0.2, 0) is 34.2 Å². The molecular formula is C13H13IrN6O2-. The SMILES string of the molecule is Cn1c[c-]c(-c2cnn(C)n2)n1.O=C(O)c1ccccn1.[Ir]. The summed E-state index contributed by atoms with van der Waals surface area (Å²) in [7, 11) is 3.61. The van der Waals surface area contributed by atoms with Crippen molar-refractivity contribution < 1.29 is 30.0 Å². The van der Waals surface area contributed by atoms with Crippen molar-refractivity contribution in [1.82, 2.24) is 29.8 Å². The summed E-state index contributed by atoms with van der Waals surface area (Å²) in [6.45, 7) is 0. The number of rotatable bonds is 2. The minimum absolute atomic E-state index is 0. The third-order valence-corrected chi connectivity index (χ3v) is 2.37. The van der Waals surface area contributed by atoms with Gasteiger partial charge in [-0.25, -0.2) is 25.7 Å². The standard InChI is InChI=1S/C7H8N5.C6H5NO2.Ir/c1-11-4-3-6(9-11)7-5-8-12(2)10-7;8-6(9)5-3-1-2-4-7-5;/h4-5H,1-2H3;1-4H,(H,8,9);/q-1;;. The van der Waals surface area contributed by atoms with E-state index in [4.69, 9.17) is 5.11 Å². The van der Waals surface area contributed by atoms with Gasteiger partial charge in [0.25, 0.3) is 0 Å². The predicted octanol–water partition coefficient (Wildman–Crippen LogP) is 0.793. The second-order valence-electron chi connectivity index (χ2n) is 4.04. The van der Waals surface area contributed by atoms with Gasteiger partial charge >= 0.3 is 5.97 Å². The molecule has 3 aromatic heterocycles. The second-order valence-corrected chi connectivity index (χ2v) is 4.04. The summed E-state index contributed by atoms with van der Waals surface area (Å²) in [5.41, 5.74) is 1.56. The molecule has 0 spiro atoms. The van der Waals surface area contributed by atoms with Crippen molar-refractivity contribution in [3.05, 3.63) is 48.5 Å². The quantitative estimate of drug-likeness (QED) is 0.548. The number of pyridine rings is 1. The fraction of sp³-hybridized carbons (Fsp3) is 0.154. The molecule has 0 atom stereocenters. The summed E-state index contributed by atoms with van der Waals surface area (Å²) in [5.74, 6) is -0.990. The minimum atomic E-state index is -0.990. The molecule has 0 aliphatic carbocycles. The smallest absolute Gasteiger partial charge is 0.354 e. The molecule has 22 heavy (non-hydrogen) atoms. The number of nitrogens with zero attached hydrogens (tertiary/aromatic N) is 6. The number of aromatic carboxylic acids is 1. The summed E-state index contributed by atoms with van der Waals surface area (Å²) < 4.78 is 1.68. The Kier molecular flexibility index (Phi) is 6.55. The van der Waals surface area contributed by atoms with Crippen molar-refractivity contribution in [2.24, 2.45) is 14.1 Å². The zero-order chi connectivity index (χ0) is 15.2. The fourth-order valence-electron chi connectivity index (χ4n) is 1.44. The Morgan fingerprint density at radius 1 is 1.27 bits per heavy atom. The first kappa shape index (κ1) is 17.7. The van der Waals surface area contributed by atoms with Crippen molar-refractivity contribution in [3.63, 3.8) is 0 Å². The van der Waals surface area contributed by atoms with Gasteiger partial charge in [-0.2, -0.15) is 5.10 Å². The van der Waals surface area contributed by atoms with Crippen molar-refractivity contribution in [2.45, 2.75) is 0 Å². The Morgan fingerprint density at radius 2 is 2.05 bits per heavy atom. The largest absolute Gasteiger partial charge is 0.477 e. The molecule has 0 aliphatic rings. The molecule has 3 rings (SSSR count). The van der Waals surface area contributed by atoms with Gasteiger partial charge in [0, 0.05) is 40.4 Å². The fourth-order valence-corrected chi connectivity index (χ4v) is 1.44.